The van der Waals surface area contributed by atoms with Crippen molar-refractivity contribution in [3.8, 4) is 5.75 Å². The van der Waals surface area contributed by atoms with Crippen LogP contribution in [0.4, 0.5) is 15.8 Å². The predicted molar refractivity (Wildman–Crippen MR) is 100 cm³/mol. The minimum atomic E-state index is -0.967. The van der Waals surface area contributed by atoms with Crippen molar-refractivity contribution in [2.24, 2.45) is 0 Å². The molecule has 1 heterocycles. The lowest BCUT2D eigenvalue weighted by Gasteiger charge is -2.21. The highest BCUT2D eigenvalue weighted by Gasteiger charge is 2.26. The van der Waals surface area contributed by atoms with Crippen LogP contribution in [0.25, 0.3) is 0 Å². The SMILES string of the molecule is COc1cc(F)c([N+](=O)[O-])c(NC(c2cccc(C)c2)c2ccccn2)c1. The molecule has 0 aliphatic rings. The predicted octanol–water partition coefficient (Wildman–Crippen LogP) is 4.65. The van der Waals surface area contributed by atoms with Crippen molar-refractivity contribution in [2.45, 2.75) is 13.0 Å². The zero-order valence-corrected chi connectivity index (χ0v) is 14.8. The van der Waals surface area contributed by atoms with Gasteiger partial charge in [-0.05, 0) is 24.6 Å². The Balaban J connectivity index is 2.13. The number of methoxy groups -OCH3 is 1. The lowest BCUT2D eigenvalue weighted by atomic mass is 10.0. The number of hydrogen-bond acceptors (Lipinski definition) is 5. The number of nitrogens with zero attached hydrogens (tertiary/aromatic N) is 2. The van der Waals surface area contributed by atoms with Gasteiger partial charge in [-0.2, -0.15) is 4.39 Å². The van der Waals surface area contributed by atoms with Crippen molar-refractivity contribution in [1.29, 1.82) is 0 Å². The van der Waals surface area contributed by atoms with E-state index in [1.54, 1.807) is 12.3 Å². The van der Waals surface area contributed by atoms with Gasteiger partial charge in [-0.3, -0.25) is 15.1 Å². The molecule has 3 rings (SSSR count). The number of rotatable bonds is 6. The average molecular weight is 367 g/mol. The van der Waals surface area contributed by atoms with Gasteiger partial charge >= 0.3 is 5.69 Å². The second kappa shape index (κ2) is 7.82. The third-order valence-corrected chi connectivity index (χ3v) is 4.11. The van der Waals surface area contributed by atoms with E-state index in [1.165, 1.54) is 13.2 Å². The van der Waals surface area contributed by atoms with Gasteiger partial charge in [-0.15, -0.1) is 0 Å². The number of hydrogen-bond donors (Lipinski definition) is 1. The van der Waals surface area contributed by atoms with Crippen molar-refractivity contribution in [3.63, 3.8) is 0 Å². The summed E-state index contributed by atoms with van der Waals surface area (Å²) in [5.74, 6) is -0.782. The smallest absolute Gasteiger partial charge is 0.327 e. The third-order valence-electron chi connectivity index (χ3n) is 4.11. The van der Waals surface area contributed by atoms with Crippen LogP contribution in [0.15, 0.2) is 60.8 Å². The third kappa shape index (κ3) is 4.03. The number of halogens is 1. The maximum atomic E-state index is 14.3. The highest BCUT2D eigenvalue weighted by molar-refractivity contribution is 5.66. The van der Waals surface area contributed by atoms with Crippen LogP contribution in [-0.2, 0) is 0 Å². The Kier molecular flexibility index (Phi) is 5.30. The van der Waals surface area contributed by atoms with Gasteiger partial charge in [0.25, 0.3) is 0 Å². The molecule has 0 fully saturated rings. The summed E-state index contributed by atoms with van der Waals surface area (Å²) in [5, 5.41) is 14.5. The molecule has 1 aromatic heterocycles. The van der Waals surface area contributed by atoms with Gasteiger partial charge in [0.1, 0.15) is 11.4 Å². The van der Waals surface area contributed by atoms with Crippen LogP contribution in [0.2, 0.25) is 0 Å². The largest absolute Gasteiger partial charge is 0.497 e. The normalized spacial score (nSPS) is 11.7. The molecule has 0 saturated heterocycles. The summed E-state index contributed by atoms with van der Waals surface area (Å²) in [6.07, 6.45) is 1.64. The minimum Gasteiger partial charge on any atom is -0.497 e. The van der Waals surface area contributed by atoms with E-state index in [1.807, 2.05) is 43.3 Å². The van der Waals surface area contributed by atoms with Gasteiger partial charge in [0.2, 0.25) is 5.82 Å². The first kappa shape index (κ1) is 18.3. The van der Waals surface area contributed by atoms with Gasteiger partial charge < -0.3 is 10.1 Å². The van der Waals surface area contributed by atoms with Crippen molar-refractivity contribution in [2.75, 3.05) is 12.4 Å². The molecular formula is C20H18FN3O3. The molecule has 0 aliphatic carbocycles. The number of anilines is 1. The summed E-state index contributed by atoms with van der Waals surface area (Å²) in [6.45, 7) is 1.95. The van der Waals surface area contributed by atoms with Crippen molar-refractivity contribution in [1.82, 2.24) is 4.98 Å². The van der Waals surface area contributed by atoms with Crippen molar-refractivity contribution >= 4 is 11.4 Å². The Hall–Kier alpha value is -3.48. The lowest BCUT2D eigenvalue weighted by Crippen LogP contribution is -2.15. The molecule has 1 atom stereocenters. The summed E-state index contributed by atoms with van der Waals surface area (Å²) in [7, 11) is 1.38. The highest BCUT2D eigenvalue weighted by Crippen LogP contribution is 2.36. The van der Waals surface area contributed by atoms with Gasteiger partial charge in [0.15, 0.2) is 0 Å². The molecule has 0 aliphatic heterocycles. The van der Waals surface area contributed by atoms with Crippen LogP contribution in [0.1, 0.15) is 22.9 Å². The van der Waals surface area contributed by atoms with E-state index < -0.39 is 22.5 Å². The molecule has 7 heteroatoms. The van der Waals surface area contributed by atoms with E-state index in [-0.39, 0.29) is 11.4 Å². The first-order valence-electron chi connectivity index (χ1n) is 8.25. The highest BCUT2D eigenvalue weighted by atomic mass is 19.1. The van der Waals surface area contributed by atoms with Crippen molar-refractivity contribution in [3.05, 3.63) is 93.5 Å². The van der Waals surface area contributed by atoms with E-state index >= 15 is 0 Å². The summed E-state index contributed by atoms with van der Waals surface area (Å²) in [5.41, 5.74) is 1.92. The molecule has 27 heavy (non-hydrogen) atoms. The Morgan fingerprint density at radius 1 is 1.19 bits per heavy atom. The van der Waals surface area contributed by atoms with Crippen LogP contribution < -0.4 is 10.1 Å². The fourth-order valence-corrected chi connectivity index (χ4v) is 2.87. The van der Waals surface area contributed by atoms with Gasteiger partial charge in [0, 0.05) is 18.3 Å². The number of nitro groups is 1. The van der Waals surface area contributed by atoms with E-state index in [0.717, 1.165) is 17.2 Å². The summed E-state index contributed by atoms with van der Waals surface area (Å²) < 4.78 is 19.4. The monoisotopic (exact) mass is 367 g/mol. The van der Waals surface area contributed by atoms with Crippen LogP contribution in [0.3, 0.4) is 0 Å². The van der Waals surface area contributed by atoms with Crippen LogP contribution in [0.5, 0.6) is 5.75 Å². The number of pyridine rings is 1. The zero-order valence-electron chi connectivity index (χ0n) is 14.8. The maximum absolute atomic E-state index is 14.3. The first-order valence-corrected chi connectivity index (χ1v) is 8.25. The topological polar surface area (TPSA) is 77.3 Å². The molecule has 138 valence electrons. The fraction of sp³-hybridized carbons (Fsp3) is 0.150. The number of aromatic nitrogens is 1. The molecule has 1 unspecified atom stereocenters. The molecule has 0 radical (unpaired) electrons. The Bertz CT molecular complexity index is 964. The fourth-order valence-electron chi connectivity index (χ4n) is 2.87. The van der Waals surface area contributed by atoms with E-state index in [0.29, 0.717) is 5.69 Å². The van der Waals surface area contributed by atoms with Crippen LogP contribution >= 0.6 is 0 Å². The molecule has 0 bridgehead atoms. The minimum absolute atomic E-state index is 0.0222. The van der Waals surface area contributed by atoms with E-state index in [2.05, 4.69) is 10.3 Å². The van der Waals surface area contributed by atoms with Gasteiger partial charge in [0.05, 0.1) is 23.8 Å². The molecule has 2 aromatic carbocycles. The number of nitro benzene ring substituents is 1. The molecule has 0 amide bonds. The molecule has 0 spiro atoms. The number of nitrogens with one attached hydrogen (secondary N) is 1. The summed E-state index contributed by atoms with van der Waals surface area (Å²) >= 11 is 0. The van der Waals surface area contributed by atoms with Crippen molar-refractivity contribution < 1.29 is 14.1 Å². The van der Waals surface area contributed by atoms with Gasteiger partial charge in [-0.25, -0.2) is 0 Å². The first-order chi connectivity index (χ1) is 13.0. The Labute approximate surface area is 155 Å². The molecular weight excluding hydrogens is 349 g/mol. The Morgan fingerprint density at radius 2 is 2.00 bits per heavy atom. The second-order valence-electron chi connectivity index (χ2n) is 6.01. The quantitative estimate of drug-likeness (QED) is 0.507. The van der Waals surface area contributed by atoms with Crippen LogP contribution in [-0.4, -0.2) is 17.0 Å². The standard InChI is InChI=1S/C20H18FN3O3/c1-13-6-5-7-14(10-13)19(17-8-3-4-9-22-17)23-18-12-15(27-2)11-16(21)20(18)24(25)26/h3-12,19,23H,1-2H3. The number of ether oxygens (including phenoxy) is 1. The van der Waals surface area contributed by atoms with Gasteiger partial charge in [-0.1, -0.05) is 35.9 Å². The molecule has 6 nitrogen and oxygen atoms in total. The molecule has 0 saturated carbocycles. The maximum Gasteiger partial charge on any atom is 0.327 e. The number of aryl methyl sites for hydroxylation is 1. The van der Waals surface area contributed by atoms with E-state index in [9.17, 15) is 14.5 Å². The van der Waals surface area contributed by atoms with E-state index in [4.69, 9.17) is 4.74 Å². The number of benzene rings is 2. The van der Waals surface area contributed by atoms with Crippen LogP contribution in [0, 0.1) is 22.9 Å². The Morgan fingerprint density at radius 3 is 2.63 bits per heavy atom. The summed E-state index contributed by atoms with van der Waals surface area (Å²) in [6, 6.07) is 15.0. The zero-order chi connectivity index (χ0) is 19.4. The lowest BCUT2D eigenvalue weighted by molar-refractivity contribution is -0.386. The molecule has 1 N–H and O–H groups in total. The average Bonchev–Trinajstić information content (AvgIpc) is 2.66. The summed E-state index contributed by atoms with van der Waals surface area (Å²) in [4.78, 5) is 15.0. The second-order valence-corrected chi connectivity index (χ2v) is 6.01. The molecule has 3 aromatic rings.